The minimum Gasteiger partial charge on any atom is -0.356 e. The summed E-state index contributed by atoms with van der Waals surface area (Å²) in [5, 5.41) is 10.9. The highest BCUT2D eigenvalue weighted by molar-refractivity contribution is 7.92. The van der Waals surface area contributed by atoms with E-state index in [1.54, 1.807) is 36.1 Å². The molecule has 136 valence electrons. The summed E-state index contributed by atoms with van der Waals surface area (Å²) in [6, 6.07) is 11.6. The molecule has 0 bridgehead atoms. The maximum absolute atomic E-state index is 12.6. The van der Waals surface area contributed by atoms with Crippen LogP contribution in [-0.4, -0.2) is 28.9 Å². The molecule has 0 spiro atoms. The Morgan fingerprint density at radius 1 is 1.04 bits per heavy atom. The fourth-order valence-corrected chi connectivity index (χ4v) is 3.02. The second-order valence-corrected chi connectivity index (χ2v) is 7.40. The maximum atomic E-state index is 12.6. The first kappa shape index (κ1) is 17.9. The fraction of sp³-hybridized carbons (Fsp3) is 0.125. The molecule has 0 atom stereocenters. The van der Waals surface area contributed by atoms with Crippen molar-refractivity contribution in [1.82, 2.24) is 15.0 Å². The smallest absolute Gasteiger partial charge is 0.356 e. The lowest BCUT2D eigenvalue weighted by Crippen LogP contribution is -2.23. The van der Waals surface area contributed by atoms with Crippen LogP contribution in [0.2, 0.25) is 0 Å². The van der Waals surface area contributed by atoms with E-state index in [9.17, 15) is 21.6 Å². The molecule has 0 aliphatic heterocycles. The van der Waals surface area contributed by atoms with Crippen molar-refractivity contribution in [3.63, 3.8) is 0 Å². The largest absolute Gasteiger partial charge is 0.501 e. The van der Waals surface area contributed by atoms with Gasteiger partial charge in [-0.1, -0.05) is 17.3 Å². The van der Waals surface area contributed by atoms with Crippen LogP contribution in [0.1, 0.15) is 0 Å². The maximum Gasteiger partial charge on any atom is 0.501 e. The molecular formula is C16H13F3N4O2S. The topological polar surface area (TPSA) is 76.9 Å². The van der Waals surface area contributed by atoms with Crippen LogP contribution in [0.3, 0.4) is 0 Å². The van der Waals surface area contributed by atoms with Gasteiger partial charge in [-0.2, -0.15) is 13.2 Å². The Hall–Kier alpha value is -2.88. The lowest BCUT2D eigenvalue weighted by atomic mass is 10.1. The van der Waals surface area contributed by atoms with Crippen LogP contribution in [0.25, 0.3) is 11.3 Å². The molecule has 2 aromatic carbocycles. The van der Waals surface area contributed by atoms with Crippen molar-refractivity contribution in [3.8, 4) is 11.3 Å². The molecule has 0 saturated heterocycles. The molecule has 0 aliphatic carbocycles. The van der Waals surface area contributed by atoms with Crippen molar-refractivity contribution in [3.05, 3.63) is 54.7 Å². The van der Waals surface area contributed by atoms with E-state index in [1.807, 2.05) is 6.07 Å². The average Bonchev–Trinajstić information content (AvgIpc) is 3.01. The zero-order valence-corrected chi connectivity index (χ0v) is 14.2. The van der Waals surface area contributed by atoms with Gasteiger partial charge in [0.25, 0.3) is 9.84 Å². The van der Waals surface area contributed by atoms with Crippen LogP contribution in [0.15, 0.2) is 59.6 Å². The van der Waals surface area contributed by atoms with Crippen LogP contribution < -0.4 is 5.32 Å². The minimum absolute atomic E-state index is 0.447. The van der Waals surface area contributed by atoms with Crippen molar-refractivity contribution in [1.29, 1.82) is 0 Å². The van der Waals surface area contributed by atoms with E-state index in [4.69, 9.17) is 0 Å². The third-order valence-electron chi connectivity index (χ3n) is 3.52. The first-order valence-corrected chi connectivity index (χ1v) is 8.80. The van der Waals surface area contributed by atoms with Gasteiger partial charge in [-0.15, -0.1) is 5.10 Å². The van der Waals surface area contributed by atoms with Gasteiger partial charge in [0.2, 0.25) is 0 Å². The van der Waals surface area contributed by atoms with E-state index in [-0.39, 0.29) is 0 Å². The van der Waals surface area contributed by atoms with Crippen molar-refractivity contribution < 1.29 is 21.6 Å². The number of nitrogens with one attached hydrogen (secondary N) is 1. The van der Waals surface area contributed by atoms with Crippen LogP contribution in [0.5, 0.6) is 0 Å². The molecule has 3 rings (SSSR count). The number of aryl methyl sites for hydroxylation is 1. The van der Waals surface area contributed by atoms with Gasteiger partial charge in [-0.3, -0.25) is 4.68 Å². The molecule has 1 heterocycles. The first-order valence-electron chi connectivity index (χ1n) is 7.32. The monoisotopic (exact) mass is 382 g/mol. The first-order chi connectivity index (χ1) is 12.2. The van der Waals surface area contributed by atoms with E-state index >= 15 is 0 Å². The van der Waals surface area contributed by atoms with Gasteiger partial charge in [0.1, 0.15) is 5.69 Å². The number of benzene rings is 2. The standard InChI is InChI=1S/C16H13F3N4O2S/c1-23-10-15(21-22-23)11-3-2-4-13(9-11)20-12-5-7-14(8-6-12)26(24,25)16(17,18)19/h2-10,20H,1H3. The van der Waals surface area contributed by atoms with Crippen molar-refractivity contribution in [2.24, 2.45) is 7.05 Å². The molecule has 0 aliphatic rings. The van der Waals surface area contributed by atoms with Crippen molar-refractivity contribution in [2.75, 3.05) is 5.32 Å². The van der Waals surface area contributed by atoms with E-state index in [0.29, 0.717) is 17.1 Å². The number of hydrogen-bond acceptors (Lipinski definition) is 5. The molecule has 1 aromatic heterocycles. The highest BCUT2D eigenvalue weighted by Gasteiger charge is 2.46. The lowest BCUT2D eigenvalue weighted by molar-refractivity contribution is -0.0436. The summed E-state index contributed by atoms with van der Waals surface area (Å²) >= 11 is 0. The molecule has 3 aromatic rings. The van der Waals surface area contributed by atoms with E-state index < -0.39 is 20.2 Å². The zero-order valence-electron chi connectivity index (χ0n) is 13.4. The summed E-state index contributed by atoms with van der Waals surface area (Å²) in [6.07, 6.45) is 1.75. The molecule has 1 N–H and O–H groups in total. The number of nitrogens with zero attached hydrogens (tertiary/aromatic N) is 3. The fourth-order valence-electron chi connectivity index (χ4n) is 2.25. The summed E-state index contributed by atoms with van der Waals surface area (Å²) in [6.45, 7) is 0. The highest BCUT2D eigenvalue weighted by atomic mass is 32.2. The summed E-state index contributed by atoms with van der Waals surface area (Å²) in [5.74, 6) is 0. The molecule has 0 unspecified atom stereocenters. The summed E-state index contributed by atoms with van der Waals surface area (Å²) < 4.78 is 62.0. The normalized spacial score (nSPS) is 12.2. The second kappa shape index (κ2) is 6.45. The Morgan fingerprint density at radius 3 is 2.31 bits per heavy atom. The number of alkyl halides is 3. The number of hydrogen-bond donors (Lipinski definition) is 1. The molecule has 6 nitrogen and oxygen atoms in total. The number of anilines is 2. The third-order valence-corrected chi connectivity index (χ3v) is 5.02. The lowest BCUT2D eigenvalue weighted by Gasteiger charge is -2.10. The van der Waals surface area contributed by atoms with Crippen LogP contribution in [0, 0.1) is 0 Å². The van der Waals surface area contributed by atoms with Gasteiger partial charge < -0.3 is 5.32 Å². The van der Waals surface area contributed by atoms with Gasteiger partial charge in [0.05, 0.1) is 11.1 Å². The number of halogens is 3. The highest BCUT2D eigenvalue weighted by Crippen LogP contribution is 2.31. The van der Waals surface area contributed by atoms with E-state index in [0.717, 1.165) is 17.7 Å². The van der Waals surface area contributed by atoms with Gasteiger partial charge in [-0.05, 0) is 36.4 Å². The quantitative estimate of drug-likeness (QED) is 0.747. The Balaban J connectivity index is 1.82. The Kier molecular flexibility index (Phi) is 4.45. The number of rotatable bonds is 4. The zero-order chi connectivity index (χ0) is 18.9. The van der Waals surface area contributed by atoms with Gasteiger partial charge in [0.15, 0.2) is 0 Å². The SMILES string of the molecule is Cn1cc(-c2cccc(Nc3ccc(S(=O)(=O)C(F)(F)F)cc3)c2)nn1. The molecule has 0 amide bonds. The van der Waals surface area contributed by atoms with Crippen LogP contribution in [-0.2, 0) is 16.9 Å². The average molecular weight is 382 g/mol. The Morgan fingerprint density at radius 2 is 1.73 bits per heavy atom. The van der Waals surface area contributed by atoms with Gasteiger partial charge in [-0.25, -0.2) is 8.42 Å². The number of aromatic nitrogens is 3. The van der Waals surface area contributed by atoms with Crippen molar-refractivity contribution in [2.45, 2.75) is 10.4 Å². The van der Waals surface area contributed by atoms with Crippen LogP contribution in [0.4, 0.5) is 24.5 Å². The molecule has 0 radical (unpaired) electrons. The minimum atomic E-state index is -5.35. The van der Waals surface area contributed by atoms with E-state index in [2.05, 4.69) is 15.6 Å². The molecule has 10 heteroatoms. The molecule has 0 fully saturated rings. The van der Waals surface area contributed by atoms with Gasteiger partial charge in [0, 0.05) is 24.0 Å². The van der Waals surface area contributed by atoms with Crippen LogP contribution >= 0.6 is 0 Å². The predicted octanol–water partition coefficient (Wildman–Crippen LogP) is 3.52. The van der Waals surface area contributed by atoms with E-state index in [1.165, 1.54) is 12.1 Å². The van der Waals surface area contributed by atoms with Crippen molar-refractivity contribution >= 4 is 21.2 Å². The van der Waals surface area contributed by atoms with Gasteiger partial charge >= 0.3 is 5.51 Å². The second-order valence-electron chi connectivity index (χ2n) is 5.46. The molecule has 0 saturated carbocycles. The molecular weight excluding hydrogens is 369 g/mol. The Labute approximate surface area is 147 Å². The molecule has 26 heavy (non-hydrogen) atoms. The third kappa shape index (κ3) is 3.54. The Bertz CT molecular complexity index is 1030. The summed E-state index contributed by atoms with van der Waals surface area (Å²) in [5.41, 5.74) is -2.74. The summed E-state index contributed by atoms with van der Waals surface area (Å²) in [7, 11) is -3.61. The number of sulfone groups is 1. The summed E-state index contributed by atoms with van der Waals surface area (Å²) in [4.78, 5) is -0.802. The predicted molar refractivity (Wildman–Crippen MR) is 89.4 cm³/mol.